The summed E-state index contributed by atoms with van der Waals surface area (Å²) < 4.78 is 68.2. The smallest absolute Gasteiger partial charge is 0.200 e. The predicted octanol–water partition coefficient (Wildman–Crippen LogP) is 5.09. The lowest BCUT2D eigenvalue weighted by molar-refractivity contribution is 0.367. The largest absolute Gasteiger partial charge is 0.331 e. The molecular weight excluding hydrogens is 423 g/mol. The molecule has 146 valence electrons. The Morgan fingerprint density at radius 3 is 2.18 bits per heavy atom. The number of benzene rings is 2. The molecule has 0 amide bonds. The van der Waals surface area contributed by atoms with E-state index >= 15 is 0 Å². The first-order valence-corrected chi connectivity index (χ1v) is 8.43. The van der Waals surface area contributed by atoms with Crippen LogP contribution < -0.4 is 10.6 Å². The molecule has 0 atom stereocenters. The molecule has 2 N–H and O–H groups in total. The standard InChI is InChI=1S/C17H10ClF5N4S/c18-9-3-1-2-4-10(9)24-17(28)25-11-5-6-27(26-11)7-8-12(19)14(21)16(23)15(22)13(8)20/h1-6H,7H2,(H2,24,25,26,28). The van der Waals surface area contributed by atoms with Crippen LogP contribution in [0.2, 0.25) is 5.02 Å². The Bertz CT molecular complexity index is 1030. The number of rotatable bonds is 4. The first-order chi connectivity index (χ1) is 13.3. The number of para-hydroxylation sites is 1. The summed E-state index contributed by atoms with van der Waals surface area (Å²) in [6.45, 7) is -0.668. The van der Waals surface area contributed by atoms with E-state index in [-0.39, 0.29) is 10.9 Å². The fourth-order valence-electron chi connectivity index (χ4n) is 2.30. The van der Waals surface area contributed by atoms with Crippen LogP contribution in [-0.4, -0.2) is 14.9 Å². The molecule has 0 aliphatic carbocycles. The topological polar surface area (TPSA) is 41.9 Å². The highest BCUT2D eigenvalue weighted by molar-refractivity contribution is 7.80. The number of anilines is 2. The second-order valence-corrected chi connectivity index (χ2v) is 6.32. The molecule has 4 nitrogen and oxygen atoms in total. The highest BCUT2D eigenvalue weighted by Crippen LogP contribution is 2.24. The Kier molecular flexibility index (Phi) is 5.80. The van der Waals surface area contributed by atoms with Gasteiger partial charge < -0.3 is 10.6 Å². The van der Waals surface area contributed by atoms with E-state index in [1.165, 1.54) is 12.3 Å². The zero-order valence-electron chi connectivity index (χ0n) is 13.7. The number of hydrogen-bond donors (Lipinski definition) is 2. The molecule has 0 bridgehead atoms. The second-order valence-electron chi connectivity index (χ2n) is 5.51. The van der Waals surface area contributed by atoms with Gasteiger partial charge in [-0.15, -0.1) is 0 Å². The molecule has 0 fully saturated rings. The average Bonchev–Trinajstić information content (AvgIpc) is 3.10. The van der Waals surface area contributed by atoms with Gasteiger partial charge in [0.2, 0.25) is 5.82 Å². The lowest BCUT2D eigenvalue weighted by Gasteiger charge is -2.10. The molecule has 0 unspecified atom stereocenters. The van der Waals surface area contributed by atoms with E-state index in [1.54, 1.807) is 24.3 Å². The predicted molar refractivity (Wildman–Crippen MR) is 98.9 cm³/mol. The zero-order valence-corrected chi connectivity index (χ0v) is 15.3. The van der Waals surface area contributed by atoms with Gasteiger partial charge in [0.15, 0.2) is 34.2 Å². The van der Waals surface area contributed by atoms with E-state index in [0.29, 0.717) is 10.7 Å². The number of aromatic nitrogens is 2. The van der Waals surface area contributed by atoms with Crippen molar-refractivity contribution in [2.24, 2.45) is 0 Å². The Morgan fingerprint density at radius 2 is 1.54 bits per heavy atom. The van der Waals surface area contributed by atoms with Crippen molar-refractivity contribution >= 4 is 40.4 Å². The van der Waals surface area contributed by atoms with Crippen LogP contribution in [0.1, 0.15) is 5.56 Å². The second kappa shape index (κ2) is 8.11. The fourth-order valence-corrected chi connectivity index (χ4v) is 2.70. The van der Waals surface area contributed by atoms with Gasteiger partial charge in [-0.3, -0.25) is 4.68 Å². The molecule has 28 heavy (non-hydrogen) atoms. The van der Waals surface area contributed by atoms with Gasteiger partial charge in [0, 0.05) is 12.3 Å². The minimum absolute atomic E-state index is 0.134. The highest BCUT2D eigenvalue weighted by atomic mass is 35.5. The monoisotopic (exact) mass is 432 g/mol. The van der Waals surface area contributed by atoms with Gasteiger partial charge in [-0.1, -0.05) is 23.7 Å². The molecule has 3 aromatic rings. The summed E-state index contributed by atoms with van der Waals surface area (Å²) in [5, 5.41) is 10.1. The van der Waals surface area contributed by atoms with Crippen molar-refractivity contribution in [1.82, 2.24) is 9.78 Å². The molecule has 1 heterocycles. The Balaban J connectivity index is 1.73. The Labute approximate surface area is 165 Å². The van der Waals surface area contributed by atoms with Crippen molar-refractivity contribution in [3.8, 4) is 0 Å². The molecule has 0 radical (unpaired) electrons. The van der Waals surface area contributed by atoms with Crippen molar-refractivity contribution in [2.45, 2.75) is 6.54 Å². The van der Waals surface area contributed by atoms with Crippen LogP contribution in [0.15, 0.2) is 36.5 Å². The van der Waals surface area contributed by atoms with Crippen LogP contribution in [0.5, 0.6) is 0 Å². The molecule has 3 rings (SSSR count). The molecule has 0 aliphatic heterocycles. The van der Waals surface area contributed by atoms with Gasteiger partial charge in [-0.2, -0.15) is 5.10 Å². The van der Waals surface area contributed by atoms with Gasteiger partial charge >= 0.3 is 0 Å². The quantitative estimate of drug-likeness (QED) is 0.261. The summed E-state index contributed by atoms with van der Waals surface area (Å²) >= 11 is 11.1. The van der Waals surface area contributed by atoms with Crippen LogP contribution in [0.4, 0.5) is 33.5 Å². The Hall–Kier alpha value is -2.72. The molecule has 11 heteroatoms. The fraction of sp³-hybridized carbons (Fsp3) is 0.0588. The number of halogens is 6. The zero-order chi connectivity index (χ0) is 20.4. The summed E-state index contributed by atoms with van der Waals surface area (Å²) in [7, 11) is 0. The highest BCUT2D eigenvalue weighted by Gasteiger charge is 2.25. The van der Waals surface area contributed by atoms with Gasteiger partial charge in [0.05, 0.1) is 22.8 Å². The molecule has 0 aliphatic rings. The SMILES string of the molecule is Fc1c(F)c(F)c(Cn2ccc(NC(=S)Nc3ccccc3Cl)n2)c(F)c1F. The summed E-state index contributed by atoms with van der Waals surface area (Å²) in [4.78, 5) is 0. The maximum Gasteiger partial charge on any atom is 0.200 e. The van der Waals surface area contributed by atoms with Crippen molar-refractivity contribution in [3.05, 3.63) is 76.2 Å². The summed E-state index contributed by atoms with van der Waals surface area (Å²) in [5.41, 5.74) is -0.453. The van der Waals surface area contributed by atoms with Crippen molar-refractivity contribution in [2.75, 3.05) is 10.6 Å². The van der Waals surface area contributed by atoms with Crippen LogP contribution in [0.3, 0.4) is 0 Å². The Morgan fingerprint density at radius 1 is 0.929 bits per heavy atom. The normalized spacial score (nSPS) is 10.8. The average molecular weight is 433 g/mol. The summed E-state index contributed by atoms with van der Waals surface area (Å²) in [6, 6.07) is 8.25. The summed E-state index contributed by atoms with van der Waals surface area (Å²) in [5.74, 6) is -9.85. The molecule has 1 aromatic heterocycles. The lowest BCUT2D eigenvalue weighted by Crippen LogP contribution is -2.20. The maximum absolute atomic E-state index is 13.8. The number of hydrogen-bond acceptors (Lipinski definition) is 2. The van der Waals surface area contributed by atoms with E-state index < -0.39 is 41.2 Å². The first-order valence-electron chi connectivity index (χ1n) is 7.64. The third kappa shape index (κ3) is 4.07. The number of nitrogens with one attached hydrogen (secondary N) is 2. The van der Waals surface area contributed by atoms with Gasteiger partial charge in [-0.25, -0.2) is 22.0 Å². The lowest BCUT2D eigenvalue weighted by atomic mass is 10.1. The first kappa shape index (κ1) is 20.0. The van der Waals surface area contributed by atoms with Crippen molar-refractivity contribution < 1.29 is 22.0 Å². The minimum Gasteiger partial charge on any atom is -0.331 e. The van der Waals surface area contributed by atoms with E-state index in [4.69, 9.17) is 23.8 Å². The van der Waals surface area contributed by atoms with Crippen molar-refractivity contribution in [3.63, 3.8) is 0 Å². The number of nitrogens with zero attached hydrogens (tertiary/aromatic N) is 2. The molecular formula is C17H10ClF5N4S. The van der Waals surface area contributed by atoms with Crippen LogP contribution in [-0.2, 0) is 6.54 Å². The minimum atomic E-state index is -2.21. The molecule has 2 aromatic carbocycles. The van der Waals surface area contributed by atoms with Gasteiger partial charge in [-0.05, 0) is 24.4 Å². The van der Waals surface area contributed by atoms with E-state index in [1.807, 2.05) is 0 Å². The van der Waals surface area contributed by atoms with Crippen LogP contribution in [0.25, 0.3) is 0 Å². The molecule has 0 saturated heterocycles. The maximum atomic E-state index is 13.8. The third-order valence-electron chi connectivity index (χ3n) is 3.63. The molecule has 0 saturated carbocycles. The van der Waals surface area contributed by atoms with Gasteiger partial charge in [0.25, 0.3) is 0 Å². The van der Waals surface area contributed by atoms with Crippen LogP contribution in [0, 0.1) is 29.1 Å². The third-order valence-corrected chi connectivity index (χ3v) is 4.16. The molecule has 0 spiro atoms. The van der Waals surface area contributed by atoms with E-state index in [2.05, 4.69) is 15.7 Å². The van der Waals surface area contributed by atoms with Crippen LogP contribution >= 0.6 is 23.8 Å². The number of thiocarbonyl (C=S) groups is 1. The van der Waals surface area contributed by atoms with Crippen molar-refractivity contribution in [1.29, 1.82) is 0 Å². The van der Waals surface area contributed by atoms with E-state index in [0.717, 1.165) is 4.68 Å². The van der Waals surface area contributed by atoms with Gasteiger partial charge in [0.1, 0.15) is 0 Å². The summed E-state index contributed by atoms with van der Waals surface area (Å²) in [6.07, 6.45) is 1.29. The van der Waals surface area contributed by atoms with E-state index in [9.17, 15) is 22.0 Å².